The number of nitro groups is 1. The van der Waals surface area contributed by atoms with Crippen LogP contribution in [0.4, 0.5) is 5.69 Å². The highest BCUT2D eigenvalue weighted by molar-refractivity contribution is 6.32. The van der Waals surface area contributed by atoms with E-state index in [9.17, 15) is 24.5 Å². The van der Waals surface area contributed by atoms with Crippen LogP contribution in [0.25, 0.3) is 0 Å². The van der Waals surface area contributed by atoms with Crippen LogP contribution in [-0.4, -0.2) is 44.0 Å². The number of carbonyl (C=O) groups excluding carboxylic acids is 1. The molecule has 10 nitrogen and oxygen atoms in total. The number of carboxylic acid groups (broad SMARTS) is 2. The van der Waals surface area contributed by atoms with Crippen LogP contribution in [0.2, 0.25) is 5.15 Å². The molecule has 0 aromatic carbocycles. The van der Waals surface area contributed by atoms with Crippen molar-refractivity contribution in [3.63, 3.8) is 0 Å². The molecule has 1 aromatic heterocycles. The molecule has 0 saturated carbocycles. The van der Waals surface area contributed by atoms with Crippen molar-refractivity contribution in [3.05, 3.63) is 33.1 Å². The third-order valence-corrected chi connectivity index (χ3v) is 2.57. The lowest BCUT2D eigenvalue weighted by molar-refractivity contribution is -0.385. The highest BCUT2D eigenvalue weighted by atomic mass is 35.5. The molecule has 0 fully saturated rings. The Hall–Kier alpha value is -2.75. The summed E-state index contributed by atoms with van der Waals surface area (Å²) >= 11 is 5.51. The molecule has 0 aliphatic carbocycles. The molecule has 0 aliphatic rings. The van der Waals surface area contributed by atoms with Gasteiger partial charge in [0, 0.05) is 6.20 Å². The Kier molecular flexibility index (Phi) is 5.13. The minimum atomic E-state index is -1.73. The molecule has 1 amide bonds. The predicted octanol–water partition coefficient (Wildman–Crippen LogP) is 0.301. The Balaban J connectivity index is 3.09. The highest BCUT2D eigenvalue weighted by Gasteiger charge is 2.29. The summed E-state index contributed by atoms with van der Waals surface area (Å²) in [5.74, 6) is -4.18. The fourth-order valence-corrected chi connectivity index (χ4v) is 1.62. The van der Waals surface area contributed by atoms with Gasteiger partial charge in [-0.25, -0.2) is 9.78 Å². The monoisotopic (exact) mass is 317 g/mol. The fourth-order valence-electron chi connectivity index (χ4n) is 1.40. The molecule has 0 spiro atoms. The van der Waals surface area contributed by atoms with Crippen molar-refractivity contribution in [2.75, 3.05) is 0 Å². The minimum absolute atomic E-state index is 0.517. The van der Waals surface area contributed by atoms with Gasteiger partial charge in [-0.15, -0.1) is 0 Å². The van der Waals surface area contributed by atoms with Crippen LogP contribution in [0.3, 0.4) is 0 Å². The Morgan fingerprint density at radius 1 is 1.43 bits per heavy atom. The molecule has 112 valence electrons. The number of rotatable bonds is 6. The fraction of sp³-hybridized carbons (Fsp3) is 0.200. The average Bonchev–Trinajstić information content (AvgIpc) is 2.36. The number of aromatic nitrogens is 1. The lowest BCUT2D eigenvalue weighted by Gasteiger charge is -2.12. The maximum absolute atomic E-state index is 11.9. The van der Waals surface area contributed by atoms with E-state index in [4.69, 9.17) is 21.8 Å². The van der Waals surface area contributed by atoms with E-state index in [-0.39, 0.29) is 0 Å². The number of aliphatic carboxylic acids is 2. The third-order valence-electron chi connectivity index (χ3n) is 2.29. The molecule has 11 heteroatoms. The summed E-state index contributed by atoms with van der Waals surface area (Å²) in [6.45, 7) is 0. The van der Waals surface area contributed by atoms with Crippen LogP contribution in [0, 0.1) is 10.1 Å². The Labute approximate surface area is 121 Å². The van der Waals surface area contributed by atoms with Gasteiger partial charge in [-0.3, -0.25) is 19.7 Å². The number of nitrogens with zero attached hydrogens (tertiary/aromatic N) is 2. The van der Waals surface area contributed by atoms with Crippen LogP contribution in [0.1, 0.15) is 16.8 Å². The number of amides is 1. The first-order chi connectivity index (χ1) is 9.73. The van der Waals surface area contributed by atoms with E-state index in [1.807, 2.05) is 5.32 Å². The van der Waals surface area contributed by atoms with E-state index in [0.29, 0.717) is 0 Å². The van der Waals surface area contributed by atoms with Gasteiger partial charge >= 0.3 is 17.6 Å². The van der Waals surface area contributed by atoms with Crippen LogP contribution in [0.5, 0.6) is 0 Å². The smallest absolute Gasteiger partial charge is 0.326 e. The van der Waals surface area contributed by atoms with Gasteiger partial charge in [-0.05, 0) is 6.07 Å². The molecule has 1 aromatic rings. The zero-order valence-corrected chi connectivity index (χ0v) is 10.9. The number of hydrogen-bond acceptors (Lipinski definition) is 6. The molecule has 0 bridgehead atoms. The molecule has 3 N–H and O–H groups in total. The summed E-state index contributed by atoms with van der Waals surface area (Å²) in [7, 11) is 0. The van der Waals surface area contributed by atoms with Gasteiger partial charge in [0.2, 0.25) is 5.15 Å². The van der Waals surface area contributed by atoms with E-state index < -0.39 is 51.6 Å². The predicted molar refractivity (Wildman–Crippen MR) is 67.0 cm³/mol. The third kappa shape index (κ3) is 4.11. The molecule has 0 aliphatic heterocycles. The number of carboxylic acids is 2. The molecule has 0 saturated heterocycles. The zero-order valence-electron chi connectivity index (χ0n) is 10.1. The van der Waals surface area contributed by atoms with E-state index in [1.165, 1.54) is 0 Å². The average molecular weight is 318 g/mol. The summed E-state index contributed by atoms with van der Waals surface area (Å²) in [6.07, 6.45) is 0.144. The first-order valence-corrected chi connectivity index (χ1v) is 5.66. The summed E-state index contributed by atoms with van der Waals surface area (Å²) in [4.78, 5) is 46.5. The van der Waals surface area contributed by atoms with Crippen molar-refractivity contribution >= 4 is 35.1 Å². The normalized spacial score (nSPS) is 11.5. The van der Waals surface area contributed by atoms with E-state index >= 15 is 0 Å². The Morgan fingerprint density at radius 3 is 2.52 bits per heavy atom. The summed E-state index contributed by atoms with van der Waals surface area (Å²) in [5.41, 5.74) is -1.31. The highest BCUT2D eigenvalue weighted by Crippen LogP contribution is 2.25. The van der Waals surface area contributed by atoms with Gasteiger partial charge in [0.1, 0.15) is 11.6 Å². The maximum atomic E-state index is 11.9. The first-order valence-electron chi connectivity index (χ1n) is 5.28. The Morgan fingerprint density at radius 2 is 2.05 bits per heavy atom. The molecule has 21 heavy (non-hydrogen) atoms. The van der Waals surface area contributed by atoms with Gasteiger partial charge in [0.25, 0.3) is 5.91 Å². The molecule has 1 atom stereocenters. The quantitative estimate of drug-likeness (QED) is 0.383. The first kappa shape index (κ1) is 16.3. The van der Waals surface area contributed by atoms with Gasteiger partial charge in [-0.2, -0.15) is 0 Å². The number of nitrogens with one attached hydrogen (secondary N) is 1. The number of halogens is 1. The van der Waals surface area contributed by atoms with E-state index in [2.05, 4.69) is 4.98 Å². The summed E-state index contributed by atoms with van der Waals surface area (Å²) in [5, 5.41) is 29.5. The summed E-state index contributed by atoms with van der Waals surface area (Å²) < 4.78 is 0. The molecule has 0 radical (unpaired) electrons. The molecule has 1 rings (SSSR count). The van der Waals surface area contributed by atoms with Gasteiger partial charge in [-0.1, -0.05) is 11.6 Å². The largest absolute Gasteiger partial charge is 0.481 e. The second-order valence-electron chi connectivity index (χ2n) is 3.72. The van der Waals surface area contributed by atoms with E-state index in [1.54, 1.807) is 0 Å². The van der Waals surface area contributed by atoms with Crippen molar-refractivity contribution in [3.8, 4) is 0 Å². The van der Waals surface area contributed by atoms with E-state index in [0.717, 1.165) is 12.3 Å². The molecule has 1 unspecified atom stereocenters. The van der Waals surface area contributed by atoms with Crippen LogP contribution < -0.4 is 5.32 Å². The van der Waals surface area contributed by atoms with Crippen LogP contribution in [-0.2, 0) is 9.59 Å². The zero-order chi connectivity index (χ0) is 16.2. The van der Waals surface area contributed by atoms with Crippen LogP contribution in [0.15, 0.2) is 12.3 Å². The molecular formula is C10H8ClN3O7. The van der Waals surface area contributed by atoms with Crippen molar-refractivity contribution in [2.45, 2.75) is 12.5 Å². The van der Waals surface area contributed by atoms with Gasteiger partial charge < -0.3 is 15.5 Å². The standard InChI is InChI=1S/C10H8ClN3O7/c11-8-7(14(20)21)4(1-2-12-8)9(17)13-5(10(18)19)3-6(15)16/h1-2,5H,3H2,(H,13,17)(H,15,16)(H,18,19). The van der Waals surface area contributed by atoms with Crippen molar-refractivity contribution < 1.29 is 29.5 Å². The number of carbonyl (C=O) groups is 3. The maximum Gasteiger partial charge on any atom is 0.326 e. The topological polar surface area (TPSA) is 160 Å². The second kappa shape index (κ2) is 6.61. The lowest BCUT2D eigenvalue weighted by atomic mass is 10.1. The molecular weight excluding hydrogens is 310 g/mol. The number of pyridine rings is 1. The van der Waals surface area contributed by atoms with Crippen molar-refractivity contribution in [2.24, 2.45) is 0 Å². The van der Waals surface area contributed by atoms with Gasteiger partial charge in [0.05, 0.1) is 11.3 Å². The summed E-state index contributed by atoms with van der Waals surface area (Å²) in [6, 6.07) is -0.763. The van der Waals surface area contributed by atoms with Crippen LogP contribution >= 0.6 is 11.6 Å². The SMILES string of the molecule is O=C(O)CC(NC(=O)c1ccnc(Cl)c1[N+](=O)[O-])C(=O)O. The second-order valence-corrected chi connectivity index (χ2v) is 4.08. The minimum Gasteiger partial charge on any atom is -0.481 e. The lowest BCUT2D eigenvalue weighted by Crippen LogP contribution is -2.42. The molecule has 1 heterocycles. The van der Waals surface area contributed by atoms with Gasteiger partial charge in [0.15, 0.2) is 0 Å². The number of hydrogen-bond donors (Lipinski definition) is 3. The van der Waals surface area contributed by atoms with Crippen molar-refractivity contribution in [1.29, 1.82) is 0 Å². The van der Waals surface area contributed by atoms with Crippen molar-refractivity contribution in [1.82, 2.24) is 10.3 Å². The Bertz CT molecular complexity index is 619.